The second kappa shape index (κ2) is 9.07. The van der Waals surface area contributed by atoms with E-state index in [2.05, 4.69) is 4.29 Å². The van der Waals surface area contributed by atoms with Crippen molar-refractivity contribution in [2.24, 2.45) is 0 Å². The fourth-order valence-corrected chi connectivity index (χ4v) is 0.735. The molecule has 72 valence electrons. The lowest BCUT2D eigenvalue weighted by molar-refractivity contribution is -0.128. The molecule has 0 aliphatic heterocycles. The van der Waals surface area contributed by atoms with Gasteiger partial charge in [0.25, 0.3) is 0 Å². The molecule has 0 radical (unpaired) electrons. The number of unbranched alkanes of at least 4 members (excludes halogenated alkanes) is 1. The molecule has 0 atom stereocenters. The van der Waals surface area contributed by atoms with Crippen LogP contribution in [0.2, 0.25) is 0 Å². The van der Waals surface area contributed by atoms with Crippen molar-refractivity contribution in [1.82, 2.24) is 0 Å². The fraction of sp³-hybridized carbons (Fsp3) is 0.300. The Labute approximate surface area is 83.7 Å². The molecule has 0 saturated carbocycles. The quantitative estimate of drug-likeness (QED) is 0.387. The van der Waals surface area contributed by atoms with Gasteiger partial charge in [0.15, 0.2) is 0 Å². The van der Waals surface area contributed by atoms with E-state index in [1.807, 2.05) is 31.2 Å². The van der Waals surface area contributed by atoms with Crippen molar-refractivity contribution >= 4 is 17.8 Å². The monoisotopic (exact) mass is 200 g/mol. The van der Waals surface area contributed by atoms with E-state index in [1.165, 1.54) is 6.08 Å². The zero-order valence-electron chi connectivity index (χ0n) is 7.57. The van der Waals surface area contributed by atoms with Crippen LogP contribution in [0.1, 0.15) is 19.8 Å². The van der Waals surface area contributed by atoms with Gasteiger partial charge in [-0.3, -0.25) is 0 Å². The number of hydrogen-bond donors (Lipinski definition) is 0. The third-order valence-corrected chi connectivity index (χ3v) is 1.42. The summed E-state index contributed by atoms with van der Waals surface area (Å²) >= 11 is 4.81. The predicted molar refractivity (Wildman–Crippen MR) is 54.3 cm³/mol. The van der Waals surface area contributed by atoms with E-state index in [1.54, 1.807) is 6.08 Å². The Morgan fingerprint density at radius 2 is 2.00 bits per heavy atom. The standard InChI is InChI=1S/C10H13ClO2/c1-2-3-4-5-6-7-8-9-10(12)13-11/h2-5,8-9H,6-7H2,1H3/b3-2+,5-4+,9-8+. The first kappa shape index (κ1) is 12.0. The van der Waals surface area contributed by atoms with E-state index >= 15 is 0 Å². The van der Waals surface area contributed by atoms with Gasteiger partial charge in [0, 0.05) is 6.08 Å². The average Bonchev–Trinajstić information content (AvgIpc) is 2.16. The molecule has 0 aliphatic rings. The van der Waals surface area contributed by atoms with E-state index in [0.29, 0.717) is 0 Å². The molecule has 0 saturated heterocycles. The zero-order chi connectivity index (χ0) is 9.94. The second-order valence-corrected chi connectivity index (χ2v) is 2.48. The molecule has 0 N–H and O–H groups in total. The molecule has 0 bridgehead atoms. The van der Waals surface area contributed by atoms with Gasteiger partial charge in [0.1, 0.15) is 11.9 Å². The summed E-state index contributed by atoms with van der Waals surface area (Å²) in [4.78, 5) is 10.5. The minimum atomic E-state index is -0.529. The van der Waals surface area contributed by atoms with E-state index in [9.17, 15) is 4.79 Å². The highest BCUT2D eigenvalue weighted by molar-refractivity contribution is 6.14. The lowest BCUT2D eigenvalue weighted by atomic mass is 10.2. The number of carbonyl (C=O) groups excluding carboxylic acids is 1. The van der Waals surface area contributed by atoms with Gasteiger partial charge in [0.2, 0.25) is 0 Å². The van der Waals surface area contributed by atoms with Gasteiger partial charge < -0.3 is 4.29 Å². The van der Waals surface area contributed by atoms with E-state index in [0.717, 1.165) is 12.8 Å². The molecule has 0 unspecified atom stereocenters. The van der Waals surface area contributed by atoms with Crippen LogP contribution in [0, 0.1) is 0 Å². The van der Waals surface area contributed by atoms with Gasteiger partial charge >= 0.3 is 5.97 Å². The van der Waals surface area contributed by atoms with Gasteiger partial charge in [-0.1, -0.05) is 30.4 Å². The highest BCUT2D eigenvalue weighted by Crippen LogP contribution is 1.94. The average molecular weight is 201 g/mol. The summed E-state index contributed by atoms with van der Waals surface area (Å²) in [5, 5.41) is 0. The normalized spacial score (nSPS) is 11.8. The summed E-state index contributed by atoms with van der Waals surface area (Å²) in [6.45, 7) is 1.96. The first-order valence-electron chi connectivity index (χ1n) is 4.08. The number of rotatable bonds is 5. The predicted octanol–water partition coefficient (Wildman–Crippen LogP) is 3.15. The maximum Gasteiger partial charge on any atom is 0.348 e. The molecule has 0 aromatic rings. The van der Waals surface area contributed by atoms with Crippen LogP contribution in [0.25, 0.3) is 0 Å². The smallest absolute Gasteiger partial charge is 0.344 e. The summed E-state index contributed by atoms with van der Waals surface area (Å²) in [7, 11) is 0. The Balaban J connectivity index is 3.45. The first-order chi connectivity index (χ1) is 6.31. The Bertz CT molecular complexity index is 217. The third-order valence-electron chi connectivity index (χ3n) is 1.27. The molecule has 0 aromatic carbocycles. The van der Waals surface area contributed by atoms with Crippen molar-refractivity contribution in [3.63, 3.8) is 0 Å². The number of allylic oxidation sites excluding steroid dienone is 5. The molecule has 0 amide bonds. The maximum atomic E-state index is 10.5. The first-order valence-corrected chi connectivity index (χ1v) is 4.39. The van der Waals surface area contributed by atoms with Crippen LogP contribution < -0.4 is 0 Å². The van der Waals surface area contributed by atoms with Crippen LogP contribution in [-0.2, 0) is 9.08 Å². The summed E-state index contributed by atoms with van der Waals surface area (Å²) < 4.78 is 3.91. The Morgan fingerprint density at radius 3 is 2.62 bits per heavy atom. The molecule has 13 heavy (non-hydrogen) atoms. The van der Waals surface area contributed by atoms with Gasteiger partial charge in [0.05, 0.1) is 0 Å². The number of hydrogen-bond acceptors (Lipinski definition) is 2. The molecule has 0 spiro atoms. The Hall–Kier alpha value is -1.02. The van der Waals surface area contributed by atoms with Crippen LogP contribution in [0.4, 0.5) is 0 Å². The molecular formula is C10H13ClO2. The largest absolute Gasteiger partial charge is 0.348 e. The van der Waals surface area contributed by atoms with Crippen molar-refractivity contribution in [2.75, 3.05) is 0 Å². The summed E-state index contributed by atoms with van der Waals surface area (Å²) in [5.41, 5.74) is 0. The maximum absolute atomic E-state index is 10.5. The van der Waals surface area contributed by atoms with E-state index in [-0.39, 0.29) is 0 Å². The van der Waals surface area contributed by atoms with Gasteiger partial charge in [-0.05, 0) is 19.8 Å². The van der Waals surface area contributed by atoms with Gasteiger partial charge in [-0.15, -0.1) is 0 Å². The molecule has 0 aliphatic carbocycles. The van der Waals surface area contributed by atoms with E-state index < -0.39 is 5.97 Å². The molecule has 0 rings (SSSR count). The van der Waals surface area contributed by atoms with Crippen molar-refractivity contribution in [2.45, 2.75) is 19.8 Å². The summed E-state index contributed by atoms with van der Waals surface area (Å²) in [6, 6.07) is 0. The van der Waals surface area contributed by atoms with Crippen molar-refractivity contribution in [3.8, 4) is 0 Å². The van der Waals surface area contributed by atoms with Crippen molar-refractivity contribution in [1.29, 1.82) is 0 Å². The molecule has 2 nitrogen and oxygen atoms in total. The second-order valence-electron chi connectivity index (χ2n) is 2.33. The number of halogens is 1. The molecule has 0 aromatic heterocycles. The molecule has 0 fully saturated rings. The molecular weight excluding hydrogens is 188 g/mol. The SMILES string of the molecule is C/C=C/C=C/CC/C=C/C(=O)OCl. The van der Waals surface area contributed by atoms with Gasteiger partial charge in [-0.25, -0.2) is 4.79 Å². The minimum absolute atomic E-state index is 0.529. The van der Waals surface area contributed by atoms with Crippen LogP contribution in [0.5, 0.6) is 0 Å². The Kier molecular flexibility index (Phi) is 8.36. The lowest BCUT2D eigenvalue weighted by Crippen LogP contribution is -1.88. The fourth-order valence-electron chi connectivity index (χ4n) is 0.684. The van der Waals surface area contributed by atoms with Crippen molar-refractivity contribution in [3.05, 3.63) is 36.5 Å². The molecule has 3 heteroatoms. The number of carbonyl (C=O) groups is 1. The van der Waals surface area contributed by atoms with Crippen LogP contribution >= 0.6 is 11.9 Å². The minimum Gasteiger partial charge on any atom is -0.344 e. The topological polar surface area (TPSA) is 26.3 Å². The highest BCUT2D eigenvalue weighted by atomic mass is 35.5. The zero-order valence-corrected chi connectivity index (χ0v) is 8.33. The summed E-state index contributed by atoms with van der Waals surface area (Å²) in [5.74, 6) is -0.529. The summed E-state index contributed by atoms with van der Waals surface area (Å²) in [6.07, 6.45) is 12.6. The third kappa shape index (κ3) is 8.89. The molecule has 0 heterocycles. The van der Waals surface area contributed by atoms with Crippen LogP contribution in [0.15, 0.2) is 36.5 Å². The Morgan fingerprint density at radius 1 is 1.31 bits per heavy atom. The highest BCUT2D eigenvalue weighted by Gasteiger charge is 1.90. The van der Waals surface area contributed by atoms with Crippen LogP contribution in [0.3, 0.4) is 0 Å². The van der Waals surface area contributed by atoms with Crippen molar-refractivity contribution < 1.29 is 9.08 Å². The van der Waals surface area contributed by atoms with Gasteiger partial charge in [-0.2, -0.15) is 0 Å². The lowest BCUT2D eigenvalue weighted by Gasteiger charge is -1.86. The van der Waals surface area contributed by atoms with Crippen LogP contribution in [-0.4, -0.2) is 5.97 Å². The van der Waals surface area contributed by atoms with E-state index in [4.69, 9.17) is 11.9 Å².